The molecule has 0 bridgehead atoms. The number of imide groups is 1. The molecule has 0 aromatic carbocycles. The maximum Gasteiger partial charge on any atom is 0.325 e. The van der Waals surface area contributed by atoms with E-state index in [0.717, 1.165) is 25.7 Å². The summed E-state index contributed by atoms with van der Waals surface area (Å²) < 4.78 is 0. The van der Waals surface area contributed by atoms with Gasteiger partial charge in [-0.05, 0) is 43.4 Å². The Balaban J connectivity index is 1.79. The van der Waals surface area contributed by atoms with Crippen LogP contribution in [0.2, 0.25) is 0 Å². The minimum atomic E-state index is -0.896. The van der Waals surface area contributed by atoms with E-state index in [0.29, 0.717) is 31.6 Å². The summed E-state index contributed by atoms with van der Waals surface area (Å²) in [5.41, 5.74) is -1.62. The van der Waals surface area contributed by atoms with Gasteiger partial charge in [0, 0.05) is 0 Å². The van der Waals surface area contributed by atoms with Crippen LogP contribution in [0, 0.1) is 11.3 Å². The first-order valence-electron chi connectivity index (χ1n) is 9.01. The first-order valence-corrected chi connectivity index (χ1v) is 9.01. The van der Waals surface area contributed by atoms with E-state index >= 15 is 0 Å². The summed E-state index contributed by atoms with van der Waals surface area (Å²) in [7, 11) is 0. The molecule has 3 rings (SSSR count). The van der Waals surface area contributed by atoms with Gasteiger partial charge in [-0.25, -0.2) is 4.79 Å². The van der Waals surface area contributed by atoms with E-state index in [1.807, 2.05) is 0 Å². The number of aliphatic hydroxyl groups is 1. The molecule has 1 saturated heterocycles. The summed E-state index contributed by atoms with van der Waals surface area (Å²) in [5.74, 6) is 0.279. The Morgan fingerprint density at radius 2 is 1.83 bits per heavy atom. The Morgan fingerprint density at radius 3 is 2.43 bits per heavy atom. The van der Waals surface area contributed by atoms with Crippen LogP contribution in [-0.4, -0.2) is 39.6 Å². The van der Waals surface area contributed by atoms with Gasteiger partial charge in [0.1, 0.15) is 5.54 Å². The van der Waals surface area contributed by atoms with Crippen molar-refractivity contribution in [1.29, 1.82) is 0 Å². The molecular formula is C18H30N2O3. The lowest BCUT2D eigenvalue weighted by atomic mass is 9.64. The highest BCUT2D eigenvalue weighted by atomic mass is 16.3. The van der Waals surface area contributed by atoms with Gasteiger partial charge < -0.3 is 10.4 Å². The van der Waals surface area contributed by atoms with Gasteiger partial charge in [0.15, 0.2) is 0 Å². The molecular weight excluding hydrogens is 292 g/mol. The van der Waals surface area contributed by atoms with Gasteiger partial charge in [-0.3, -0.25) is 9.69 Å². The second kappa shape index (κ2) is 5.47. The second-order valence-corrected chi connectivity index (χ2v) is 9.04. The Labute approximate surface area is 138 Å². The maximum atomic E-state index is 13.1. The van der Waals surface area contributed by atoms with E-state index in [1.54, 1.807) is 0 Å². The van der Waals surface area contributed by atoms with Crippen LogP contribution in [0.5, 0.6) is 0 Å². The molecule has 0 aromatic rings. The van der Waals surface area contributed by atoms with E-state index in [9.17, 15) is 14.7 Å². The lowest BCUT2D eigenvalue weighted by molar-refractivity contribution is -0.137. The van der Waals surface area contributed by atoms with E-state index in [1.165, 1.54) is 4.90 Å². The first kappa shape index (κ1) is 16.7. The van der Waals surface area contributed by atoms with Gasteiger partial charge >= 0.3 is 6.03 Å². The van der Waals surface area contributed by atoms with Crippen molar-refractivity contribution in [3.8, 4) is 0 Å². The van der Waals surface area contributed by atoms with Crippen LogP contribution in [0.1, 0.15) is 72.1 Å². The van der Waals surface area contributed by atoms with Crippen molar-refractivity contribution in [3.05, 3.63) is 0 Å². The molecule has 130 valence electrons. The van der Waals surface area contributed by atoms with Gasteiger partial charge in [0.05, 0.1) is 12.1 Å². The summed E-state index contributed by atoms with van der Waals surface area (Å²) in [6.45, 7) is 6.63. The van der Waals surface area contributed by atoms with Gasteiger partial charge in [-0.1, -0.05) is 40.0 Å². The van der Waals surface area contributed by atoms with E-state index < -0.39 is 11.1 Å². The van der Waals surface area contributed by atoms with Gasteiger partial charge in [0.2, 0.25) is 0 Å². The molecule has 3 fully saturated rings. The number of carbonyl (C=O) groups is 2. The average molecular weight is 322 g/mol. The van der Waals surface area contributed by atoms with Crippen molar-refractivity contribution >= 4 is 11.9 Å². The summed E-state index contributed by atoms with van der Waals surface area (Å²) in [6, 6.07) is -0.320. The van der Waals surface area contributed by atoms with Crippen molar-refractivity contribution in [3.63, 3.8) is 0 Å². The standard InChI is InChI=1S/C18H30N2O3/c1-13-9-16(2,3)11-18(10-13)14(21)20(15(22)19-18)12-17(23)7-5-4-6-8-17/h13,23H,4-12H2,1-3H3,(H,19,22)/t13-,18+/m0/s1. The number of carbonyl (C=O) groups excluding carboxylic acids is 2. The van der Waals surface area contributed by atoms with Crippen molar-refractivity contribution < 1.29 is 14.7 Å². The van der Waals surface area contributed by atoms with Crippen LogP contribution in [0.25, 0.3) is 0 Å². The molecule has 1 heterocycles. The third-order valence-electron chi connectivity index (χ3n) is 5.86. The molecule has 2 N–H and O–H groups in total. The minimum Gasteiger partial charge on any atom is -0.388 e. The fourth-order valence-electron chi connectivity index (χ4n) is 5.31. The van der Waals surface area contributed by atoms with Crippen LogP contribution >= 0.6 is 0 Å². The Bertz CT molecular complexity index is 510. The van der Waals surface area contributed by atoms with Crippen molar-refractivity contribution in [1.82, 2.24) is 10.2 Å². The third-order valence-corrected chi connectivity index (χ3v) is 5.86. The molecule has 1 aliphatic heterocycles. The number of urea groups is 1. The van der Waals surface area contributed by atoms with Crippen LogP contribution in [0.15, 0.2) is 0 Å². The van der Waals surface area contributed by atoms with Crippen LogP contribution in [0.3, 0.4) is 0 Å². The lowest BCUT2D eigenvalue weighted by Gasteiger charge is -2.44. The predicted molar refractivity (Wildman–Crippen MR) is 87.8 cm³/mol. The molecule has 3 amide bonds. The average Bonchev–Trinajstić information content (AvgIpc) is 2.61. The number of rotatable bonds is 2. The smallest absolute Gasteiger partial charge is 0.325 e. The Morgan fingerprint density at radius 1 is 1.17 bits per heavy atom. The molecule has 0 radical (unpaired) electrons. The molecule has 5 heteroatoms. The van der Waals surface area contributed by atoms with Crippen LogP contribution in [0.4, 0.5) is 4.79 Å². The molecule has 5 nitrogen and oxygen atoms in total. The van der Waals surface area contributed by atoms with Crippen LogP contribution in [-0.2, 0) is 4.79 Å². The van der Waals surface area contributed by atoms with Gasteiger partial charge in [-0.2, -0.15) is 0 Å². The topological polar surface area (TPSA) is 69.6 Å². The summed E-state index contributed by atoms with van der Waals surface area (Å²) in [6.07, 6.45) is 6.88. The number of nitrogens with zero attached hydrogens (tertiary/aromatic N) is 1. The Hall–Kier alpha value is -1.10. The van der Waals surface area contributed by atoms with Crippen molar-refractivity contribution in [2.75, 3.05) is 6.54 Å². The Kier molecular flexibility index (Phi) is 3.98. The zero-order chi connectivity index (χ0) is 16.9. The second-order valence-electron chi connectivity index (χ2n) is 9.04. The number of β-amino-alcohol motifs (C(OH)–C–C–N with tert-alkyl or cyclic N) is 1. The highest BCUT2D eigenvalue weighted by Crippen LogP contribution is 2.46. The maximum absolute atomic E-state index is 13.1. The highest BCUT2D eigenvalue weighted by Gasteiger charge is 2.57. The fraction of sp³-hybridized carbons (Fsp3) is 0.889. The molecule has 2 atom stereocenters. The minimum absolute atomic E-state index is 0.0400. The number of hydrogen-bond acceptors (Lipinski definition) is 3. The summed E-state index contributed by atoms with van der Waals surface area (Å²) >= 11 is 0. The fourth-order valence-corrected chi connectivity index (χ4v) is 5.31. The van der Waals surface area contributed by atoms with Crippen molar-refractivity contribution in [2.24, 2.45) is 11.3 Å². The predicted octanol–water partition coefficient (Wildman–Crippen LogP) is 2.82. The molecule has 0 unspecified atom stereocenters. The number of amides is 3. The molecule has 23 heavy (non-hydrogen) atoms. The summed E-state index contributed by atoms with van der Waals surface area (Å²) in [4.78, 5) is 26.8. The first-order chi connectivity index (χ1) is 10.6. The number of hydrogen-bond donors (Lipinski definition) is 2. The summed E-state index contributed by atoms with van der Waals surface area (Å²) in [5, 5.41) is 13.7. The largest absolute Gasteiger partial charge is 0.388 e. The highest BCUT2D eigenvalue weighted by molar-refractivity contribution is 6.07. The quantitative estimate of drug-likeness (QED) is 0.768. The number of nitrogens with one attached hydrogen (secondary N) is 1. The molecule has 0 aromatic heterocycles. The van der Waals surface area contributed by atoms with Crippen LogP contribution < -0.4 is 5.32 Å². The van der Waals surface area contributed by atoms with E-state index in [2.05, 4.69) is 26.1 Å². The SMILES string of the molecule is C[C@H]1CC(C)(C)C[C@@]2(C1)NC(=O)N(CC1(O)CCCCC1)C2=O. The lowest BCUT2D eigenvalue weighted by Crippen LogP contribution is -2.54. The van der Waals surface area contributed by atoms with Gasteiger partial charge in [-0.15, -0.1) is 0 Å². The molecule has 1 spiro atoms. The van der Waals surface area contributed by atoms with Gasteiger partial charge in [0.25, 0.3) is 5.91 Å². The zero-order valence-corrected chi connectivity index (χ0v) is 14.7. The van der Waals surface area contributed by atoms with Crippen molar-refractivity contribution in [2.45, 2.75) is 83.3 Å². The molecule has 3 aliphatic rings. The van der Waals surface area contributed by atoms with E-state index in [4.69, 9.17) is 0 Å². The molecule has 2 saturated carbocycles. The third kappa shape index (κ3) is 3.12. The zero-order valence-electron chi connectivity index (χ0n) is 14.7. The normalized spacial score (nSPS) is 36.3. The monoisotopic (exact) mass is 322 g/mol. The van der Waals surface area contributed by atoms with E-state index in [-0.39, 0.29) is 23.9 Å². The molecule has 2 aliphatic carbocycles.